The largest absolute Gasteiger partial charge is 0.497 e. The van der Waals surface area contributed by atoms with Gasteiger partial charge in [0.1, 0.15) is 5.75 Å². The lowest BCUT2D eigenvalue weighted by Gasteiger charge is -2.35. The van der Waals surface area contributed by atoms with Crippen LogP contribution in [0.5, 0.6) is 5.75 Å². The second-order valence-corrected chi connectivity index (χ2v) is 6.20. The van der Waals surface area contributed by atoms with E-state index in [1.54, 1.807) is 36.3 Å². The van der Waals surface area contributed by atoms with Crippen LogP contribution in [0.2, 0.25) is 0 Å². The number of amides is 1. The van der Waals surface area contributed by atoms with E-state index < -0.39 is 11.9 Å². The number of carbonyl (C=O) groups is 3. The minimum absolute atomic E-state index is 0.0718. The Labute approximate surface area is 141 Å². The number of carbonyl (C=O) groups excluding carboxylic acids is 2. The van der Waals surface area contributed by atoms with Crippen LogP contribution in [0.25, 0.3) is 0 Å². The van der Waals surface area contributed by atoms with Crippen LogP contribution >= 0.6 is 0 Å². The van der Waals surface area contributed by atoms with E-state index in [-0.39, 0.29) is 30.4 Å². The number of carboxylic acids is 1. The summed E-state index contributed by atoms with van der Waals surface area (Å²) in [6.45, 7) is 2.73. The van der Waals surface area contributed by atoms with Crippen molar-refractivity contribution >= 4 is 17.7 Å². The van der Waals surface area contributed by atoms with E-state index in [0.717, 1.165) is 0 Å². The van der Waals surface area contributed by atoms with E-state index in [0.29, 0.717) is 30.8 Å². The lowest BCUT2D eigenvalue weighted by molar-refractivity contribution is -0.148. The molecule has 24 heavy (non-hydrogen) atoms. The molecule has 0 bridgehead atoms. The smallest absolute Gasteiger partial charge is 0.306 e. The molecule has 0 saturated carbocycles. The highest BCUT2D eigenvalue weighted by molar-refractivity contribution is 5.98. The minimum Gasteiger partial charge on any atom is -0.497 e. The molecule has 0 aliphatic carbocycles. The fourth-order valence-corrected chi connectivity index (χ4v) is 3.04. The topological polar surface area (TPSA) is 83.9 Å². The lowest BCUT2D eigenvalue weighted by Crippen LogP contribution is -2.45. The first-order chi connectivity index (χ1) is 11.4. The summed E-state index contributed by atoms with van der Waals surface area (Å²) in [4.78, 5) is 37.2. The molecule has 6 nitrogen and oxygen atoms in total. The van der Waals surface area contributed by atoms with Crippen LogP contribution < -0.4 is 4.74 Å². The van der Waals surface area contributed by atoms with Crippen molar-refractivity contribution in [2.75, 3.05) is 20.2 Å². The Morgan fingerprint density at radius 1 is 1.21 bits per heavy atom. The van der Waals surface area contributed by atoms with E-state index >= 15 is 0 Å². The van der Waals surface area contributed by atoms with Gasteiger partial charge in [-0.1, -0.05) is 6.92 Å². The van der Waals surface area contributed by atoms with Crippen LogP contribution in [0, 0.1) is 11.8 Å². The second-order valence-electron chi connectivity index (χ2n) is 6.20. The molecule has 2 rings (SSSR count). The number of carboxylic acid groups (broad SMARTS) is 1. The number of nitrogens with zero attached hydrogens (tertiary/aromatic N) is 1. The molecule has 0 aromatic heterocycles. The van der Waals surface area contributed by atoms with Crippen molar-refractivity contribution < 1.29 is 24.2 Å². The van der Waals surface area contributed by atoms with Crippen molar-refractivity contribution in [1.29, 1.82) is 0 Å². The van der Waals surface area contributed by atoms with Gasteiger partial charge in [0.15, 0.2) is 5.78 Å². The fourth-order valence-electron chi connectivity index (χ4n) is 3.04. The van der Waals surface area contributed by atoms with Gasteiger partial charge in [-0.2, -0.15) is 0 Å². The monoisotopic (exact) mass is 333 g/mol. The predicted octanol–water partition coefficient (Wildman–Crippen LogP) is 2.23. The number of ketones is 1. The van der Waals surface area contributed by atoms with Crippen LogP contribution in [-0.4, -0.2) is 47.9 Å². The highest BCUT2D eigenvalue weighted by atomic mass is 16.5. The molecule has 1 heterocycles. The number of aliphatic carboxylic acids is 1. The molecule has 1 N–H and O–H groups in total. The number of hydrogen-bond acceptors (Lipinski definition) is 4. The van der Waals surface area contributed by atoms with Gasteiger partial charge in [-0.05, 0) is 36.6 Å². The maximum atomic E-state index is 12.3. The van der Waals surface area contributed by atoms with Crippen molar-refractivity contribution in [3.8, 4) is 5.75 Å². The third kappa shape index (κ3) is 4.34. The van der Waals surface area contributed by atoms with E-state index in [1.807, 2.05) is 6.92 Å². The molecular formula is C18H23NO5. The average Bonchev–Trinajstić information content (AvgIpc) is 2.59. The number of ether oxygens (including phenoxy) is 1. The van der Waals surface area contributed by atoms with Gasteiger partial charge in [-0.25, -0.2) is 0 Å². The molecule has 6 heteroatoms. The summed E-state index contributed by atoms with van der Waals surface area (Å²) in [5, 5.41) is 9.12. The Hall–Kier alpha value is -2.37. The SMILES string of the molecule is COc1ccc(C(=O)CCC(=O)N2CCC(C(=O)O)C(C)C2)cc1. The van der Waals surface area contributed by atoms with Gasteiger partial charge in [0, 0.05) is 31.5 Å². The summed E-state index contributed by atoms with van der Waals surface area (Å²) in [6.07, 6.45) is 0.766. The molecule has 1 fully saturated rings. The van der Waals surface area contributed by atoms with Gasteiger partial charge in [0.25, 0.3) is 0 Å². The molecule has 1 aliphatic heterocycles. The first-order valence-electron chi connectivity index (χ1n) is 8.10. The second kappa shape index (κ2) is 7.95. The summed E-state index contributed by atoms with van der Waals surface area (Å²) in [6, 6.07) is 6.80. The summed E-state index contributed by atoms with van der Waals surface area (Å²) >= 11 is 0. The molecule has 1 saturated heterocycles. The number of rotatable bonds is 6. The van der Waals surface area contributed by atoms with Gasteiger partial charge >= 0.3 is 5.97 Å². The molecular weight excluding hydrogens is 310 g/mol. The van der Waals surface area contributed by atoms with Crippen molar-refractivity contribution in [2.45, 2.75) is 26.2 Å². The van der Waals surface area contributed by atoms with Crippen molar-refractivity contribution in [3.05, 3.63) is 29.8 Å². The van der Waals surface area contributed by atoms with E-state index in [1.165, 1.54) is 0 Å². The maximum absolute atomic E-state index is 12.3. The molecule has 2 atom stereocenters. The summed E-state index contributed by atoms with van der Waals surface area (Å²) in [7, 11) is 1.56. The van der Waals surface area contributed by atoms with Gasteiger partial charge in [-0.3, -0.25) is 14.4 Å². The normalized spacial score (nSPS) is 20.5. The first-order valence-corrected chi connectivity index (χ1v) is 8.10. The third-order valence-electron chi connectivity index (χ3n) is 4.55. The Morgan fingerprint density at radius 3 is 2.42 bits per heavy atom. The molecule has 0 radical (unpaired) electrons. The van der Waals surface area contributed by atoms with Crippen LogP contribution in [0.15, 0.2) is 24.3 Å². The number of benzene rings is 1. The molecule has 1 aliphatic rings. The van der Waals surface area contributed by atoms with Crippen LogP contribution in [0.4, 0.5) is 0 Å². The van der Waals surface area contributed by atoms with Crippen molar-refractivity contribution in [3.63, 3.8) is 0 Å². The van der Waals surface area contributed by atoms with Gasteiger partial charge in [0.05, 0.1) is 13.0 Å². The van der Waals surface area contributed by atoms with E-state index in [2.05, 4.69) is 0 Å². The predicted molar refractivity (Wildman–Crippen MR) is 88.0 cm³/mol. The van der Waals surface area contributed by atoms with Gasteiger partial charge in [0.2, 0.25) is 5.91 Å². The molecule has 130 valence electrons. The van der Waals surface area contributed by atoms with Crippen LogP contribution in [0.1, 0.15) is 36.5 Å². The zero-order valence-electron chi connectivity index (χ0n) is 14.0. The third-order valence-corrected chi connectivity index (χ3v) is 4.55. The molecule has 2 unspecified atom stereocenters. The van der Waals surface area contributed by atoms with E-state index in [9.17, 15) is 14.4 Å². The number of Topliss-reactive ketones (excluding diaryl/α,β-unsaturated/α-hetero) is 1. The fraction of sp³-hybridized carbons (Fsp3) is 0.500. The Morgan fingerprint density at radius 2 is 1.88 bits per heavy atom. The lowest BCUT2D eigenvalue weighted by atomic mass is 9.87. The molecule has 1 amide bonds. The Balaban J connectivity index is 1.84. The average molecular weight is 333 g/mol. The zero-order chi connectivity index (χ0) is 17.7. The first kappa shape index (κ1) is 18.0. The number of piperidine rings is 1. The summed E-state index contributed by atoms with van der Waals surface area (Å²) in [5.74, 6) is -0.762. The molecule has 1 aromatic rings. The minimum atomic E-state index is -0.802. The van der Waals surface area contributed by atoms with Crippen LogP contribution in [-0.2, 0) is 9.59 Å². The van der Waals surface area contributed by atoms with Crippen LogP contribution in [0.3, 0.4) is 0 Å². The number of hydrogen-bond donors (Lipinski definition) is 1. The number of methoxy groups -OCH3 is 1. The molecule has 1 aromatic carbocycles. The quantitative estimate of drug-likeness (QED) is 0.807. The van der Waals surface area contributed by atoms with E-state index in [4.69, 9.17) is 9.84 Å². The van der Waals surface area contributed by atoms with Crippen molar-refractivity contribution in [2.24, 2.45) is 11.8 Å². The molecule has 0 spiro atoms. The Kier molecular flexibility index (Phi) is 5.95. The highest BCUT2D eigenvalue weighted by Gasteiger charge is 2.32. The van der Waals surface area contributed by atoms with Gasteiger partial charge < -0.3 is 14.7 Å². The summed E-state index contributed by atoms with van der Waals surface area (Å²) in [5.41, 5.74) is 0.557. The summed E-state index contributed by atoms with van der Waals surface area (Å²) < 4.78 is 5.05. The zero-order valence-corrected chi connectivity index (χ0v) is 14.0. The van der Waals surface area contributed by atoms with Crippen molar-refractivity contribution in [1.82, 2.24) is 4.90 Å². The standard InChI is InChI=1S/C18H23NO5/c1-12-11-19(10-9-15(12)18(22)23)17(21)8-7-16(20)13-3-5-14(24-2)6-4-13/h3-6,12,15H,7-11H2,1-2H3,(H,22,23). The van der Waals surface area contributed by atoms with Gasteiger partial charge in [-0.15, -0.1) is 0 Å². The highest BCUT2D eigenvalue weighted by Crippen LogP contribution is 2.24. The number of likely N-dealkylation sites (tertiary alicyclic amines) is 1. The Bertz CT molecular complexity index is 610. The maximum Gasteiger partial charge on any atom is 0.306 e.